The third kappa shape index (κ3) is 5.79. The average molecular weight is 369 g/mol. The molecule has 1 amide bonds. The number of hydrogen-bond donors (Lipinski definition) is 0. The second-order valence-electron chi connectivity index (χ2n) is 6.12. The van der Waals surface area contributed by atoms with Crippen LogP contribution in [-0.4, -0.2) is 48.0 Å². The molecule has 0 aliphatic carbocycles. The van der Waals surface area contributed by atoms with E-state index in [9.17, 15) is 9.59 Å². The second-order valence-corrected chi connectivity index (χ2v) is 6.12. The topological polar surface area (TPSA) is 73.7 Å². The van der Waals surface area contributed by atoms with Crippen molar-refractivity contribution >= 4 is 23.6 Å². The molecule has 1 fully saturated rings. The molecule has 27 heavy (non-hydrogen) atoms. The van der Waals surface area contributed by atoms with Gasteiger partial charge in [-0.15, -0.1) is 0 Å². The Hall–Kier alpha value is -2.93. The second kappa shape index (κ2) is 9.68. The van der Waals surface area contributed by atoms with Crippen LogP contribution in [0.1, 0.15) is 18.4 Å². The number of nitrogens with zero attached hydrogens (tertiary/aromatic N) is 3. The molecule has 7 heteroatoms. The summed E-state index contributed by atoms with van der Waals surface area (Å²) >= 11 is 0. The van der Waals surface area contributed by atoms with Gasteiger partial charge in [-0.1, -0.05) is 12.1 Å². The molecule has 1 aromatic carbocycles. The van der Waals surface area contributed by atoms with Crippen molar-refractivity contribution in [3.8, 4) is 0 Å². The average Bonchev–Trinajstić information content (AvgIpc) is 3.35. The highest BCUT2D eigenvalue weighted by Crippen LogP contribution is 2.21. The fourth-order valence-corrected chi connectivity index (χ4v) is 2.79. The molecule has 1 aromatic heterocycles. The summed E-state index contributed by atoms with van der Waals surface area (Å²) < 4.78 is 12.3. The molecule has 1 aliphatic heterocycles. The van der Waals surface area contributed by atoms with Gasteiger partial charge in [0, 0.05) is 37.1 Å². The van der Waals surface area contributed by atoms with Gasteiger partial charge in [0.25, 0.3) is 0 Å². The van der Waals surface area contributed by atoms with Gasteiger partial charge in [0.2, 0.25) is 5.91 Å². The van der Waals surface area contributed by atoms with Crippen LogP contribution in [0.15, 0.2) is 48.8 Å². The predicted molar refractivity (Wildman–Crippen MR) is 101 cm³/mol. The SMILES string of the molecule is O=C(/C=C/c1ccc(N2CCCC2=O)cc1)OCCOCCn1cccn1. The molecule has 0 saturated carbocycles. The number of rotatable bonds is 9. The van der Waals surface area contributed by atoms with Crippen molar-refractivity contribution in [1.82, 2.24) is 9.78 Å². The third-order valence-electron chi connectivity index (χ3n) is 4.19. The van der Waals surface area contributed by atoms with E-state index in [1.807, 2.05) is 36.5 Å². The summed E-state index contributed by atoms with van der Waals surface area (Å²) in [4.78, 5) is 25.2. The normalized spacial score (nSPS) is 14.2. The van der Waals surface area contributed by atoms with E-state index in [1.165, 1.54) is 6.08 Å². The Labute approximate surface area is 158 Å². The van der Waals surface area contributed by atoms with Crippen LogP contribution in [0.5, 0.6) is 0 Å². The van der Waals surface area contributed by atoms with Crippen LogP contribution < -0.4 is 4.90 Å². The number of ether oxygens (including phenoxy) is 2. The number of amides is 1. The first-order chi connectivity index (χ1) is 13.2. The molecule has 0 N–H and O–H groups in total. The Kier molecular flexibility index (Phi) is 6.76. The van der Waals surface area contributed by atoms with Crippen LogP contribution in [0.3, 0.4) is 0 Å². The van der Waals surface area contributed by atoms with Crippen LogP contribution in [0.4, 0.5) is 5.69 Å². The zero-order chi connectivity index (χ0) is 18.9. The van der Waals surface area contributed by atoms with Crippen LogP contribution in [0.2, 0.25) is 0 Å². The van der Waals surface area contributed by atoms with Crippen LogP contribution in [0, 0.1) is 0 Å². The number of aromatic nitrogens is 2. The van der Waals surface area contributed by atoms with Crippen molar-refractivity contribution in [3.05, 3.63) is 54.4 Å². The molecule has 0 atom stereocenters. The summed E-state index contributed by atoms with van der Waals surface area (Å²) in [5, 5.41) is 4.07. The Morgan fingerprint density at radius 1 is 1.19 bits per heavy atom. The van der Waals surface area contributed by atoms with E-state index < -0.39 is 5.97 Å². The number of hydrogen-bond acceptors (Lipinski definition) is 5. The van der Waals surface area contributed by atoms with Gasteiger partial charge in [-0.2, -0.15) is 5.10 Å². The van der Waals surface area contributed by atoms with Gasteiger partial charge in [-0.3, -0.25) is 9.48 Å². The van der Waals surface area contributed by atoms with Gasteiger partial charge in [0.15, 0.2) is 0 Å². The predicted octanol–water partition coefficient (Wildman–Crippen LogP) is 2.28. The van der Waals surface area contributed by atoms with Crippen molar-refractivity contribution in [1.29, 1.82) is 0 Å². The molecular formula is C20H23N3O4. The fraction of sp³-hybridized carbons (Fsp3) is 0.350. The van der Waals surface area contributed by atoms with Crippen LogP contribution >= 0.6 is 0 Å². The number of carbonyl (C=O) groups is 2. The van der Waals surface area contributed by atoms with Crippen molar-refractivity contribution in [2.75, 3.05) is 31.3 Å². The number of benzene rings is 1. The third-order valence-corrected chi connectivity index (χ3v) is 4.19. The van der Waals surface area contributed by atoms with Gasteiger partial charge < -0.3 is 14.4 Å². The molecule has 2 heterocycles. The minimum absolute atomic E-state index is 0.161. The van der Waals surface area contributed by atoms with E-state index >= 15 is 0 Å². The Morgan fingerprint density at radius 2 is 2.04 bits per heavy atom. The lowest BCUT2D eigenvalue weighted by atomic mass is 10.2. The summed E-state index contributed by atoms with van der Waals surface area (Å²) in [5.74, 6) is -0.252. The summed E-state index contributed by atoms with van der Waals surface area (Å²) in [6, 6.07) is 9.39. The van der Waals surface area contributed by atoms with Crippen LogP contribution in [0.25, 0.3) is 6.08 Å². The molecular weight excluding hydrogens is 346 g/mol. The Bertz CT molecular complexity index is 769. The highest BCUT2D eigenvalue weighted by Gasteiger charge is 2.21. The molecule has 1 saturated heterocycles. The van der Waals surface area contributed by atoms with E-state index in [4.69, 9.17) is 9.47 Å². The molecule has 0 radical (unpaired) electrons. The van der Waals surface area contributed by atoms with Gasteiger partial charge in [-0.05, 0) is 36.3 Å². The van der Waals surface area contributed by atoms with Crippen molar-refractivity contribution in [2.24, 2.45) is 0 Å². The summed E-state index contributed by atoms with van der Waals surface area (Å²) in [6.45, 7) is 2.50. The molecule has 0 spiro atoms. The lowest BCUT2D eigenvalue weighted by molar-refractivity contribution is -0.139. The summed E-state index contributed by atoms with van der Waals surface area (Å²) in [5.41, 5.74) is 1.77. The standard InChI is InChI=1S/C20H23N3O4/c24-19-3-1-12-23(19)18-7-4-17(5-8-18)6-9-20(25)27-16-15-26-14-13-22-11-2-10-21-22/h2,4-11H,1,3,12-16H2/b9-6+. The molecule has 7 nitrogen and oxygen atoms in total. The van der Waals surface area contributed by atoms with E-state index in [1.54, 1.807) is 21.9 Å². The van der Waals surface area contributed by atoms with Crippen molar-refractivity contribution in [2.45, 2.75) is 19.4 Å². The first-order valence-corrected chi connectivity index (χ1v) is 9.03. The quantitative estimate of drug-likeness (QED) is 0.385. The largest absolute Gasteiger partial charge is 0.460 e. The summed E-state index contributed by atoms with van der Waals surface area (Å²) in [7, 11) is 0. The van der Waals surface area contributed by atoms with Crippen molar-refractivity contribution in [3.63, 3.8) is 0 Å². The molecule has 1 aliphatic rings. The lowest BCUT2D eigenvalue weighted by Crippen LogP contribution is -2.23. The van der Waals surface area contributed by atoms with Gasteiger partial charge in [0.05, 0.1) is 19.8 Å². The zero-order valence-electron chi connectivity index (χ0n) is 15.1. The first-order valence-electron chi connectivity index (χ1n) is 9.03. The maximum absolute atomic E-state index is 11.7. The van der Waals surface area contributed by atoms with Crippen molar-refractivity contribution < 1.29 is 19.1 Å². The molecule has 0 bridgehead atoms. The number of esters is 1. The number of anilines is 1. The summed E-state index contributed by atoms with van der Waals surface area (Å²) in [6.07, 6.45) is 8.17. The molecule has 3 rings (SSSR count). The maximum Gasteiger partial charge on any atom is 0.330 e. The zero-order valence-corrected chi connectivity index (χ0v) is 15.1. The molecule has 2 aromatic rings. The Balaban J connectivity index is 1.33. The first kappa shape index (κ1) is 18.8. The van der Waals surface area contributed by atoms with Gasteiger partial charge in [-0.25, -0.2) is 4.79 Å². The minimum Gasteiger partial charge on any atom is -0.460 e. The van der Waals surface area contributed by atoms with E-state index in [0.29, 0.717) is 26.2 Å². The maximum atomic E-state index is 11.7. The lowest BCUT2D eigenvalue weighted by Gasteiger charge is -2.15. The number of carbonyl (C=O) groups excluding carboxylic acids is 2. The Morgan fingerprint density at radius 3 is 2.74 bits per heavy atom. The minimum atomic E-state index is -0.413. The molecule has 0 unspecified atom stereocenters. The van der Waals surface area contributed by atoms with Crippen LogP contribution in [-0.2, 0) is 25.6 Å². The monoisotopic (exact) mass is 369 g/mol. The van der Waals surface area contributed by atoms with Gasteiger partial charge >= 0.3 is 5.97 Å². The van der Waals surface area contributed by atoms with E-state index in [2.05, 4.69) is 5.10 Å². The fourth-order valence-electron chi connectivity index (χ4n) is 2.79. The van der Waals surface area contributed by atoms with E-state index in [0.717, 1.165) is 24.2 Å². The van der Waals surface area contributed by atoms with Gasteiger partial charge in [0.1, 0.15) is 6.61 Å². The smallest absolute Gasteiger partial charge is 0.330 e. The molecule has 142 valence electrons. The van der Waals surface area contributed by atoms with E-state index in [-0.39, 0.29) is 12.5 Å². The highest BCUT2D eigenvalue weighted by molar-refractivity contribution is 5.95. The highest BCUT2D eigenvalue weighted by atomic mass is 16.6.